The normalized spacial score (nSPS) is 12.1. The summed E-state index contributed by atoms with van der Waals surface area (Å²) in [5, 5.41) is 3.84. The molecule has 0 fully saturated rings. The number of halogens is 2. The average Bonchev–Trinajstić information content (AvgIpc) is 2.74. The molecule has 0 radical (unpaired) electrons. The molecule has 8 heteroatoms. The van der Waals surface area contributed by atoms with Crippen molar-refractivity contribution in [3.63, 3.8) is 0 Å². The van der Waals surface area contributed by atoms with Crippen LogP contribution in [0.15, 0.2) is 35.5 Å². The van der Waals surface area contributed by atoms with Crippen molar-refractivity contribution in [3.05, 3.63) is 47.0 Å². The van der Waals surface area contributed by atoms with E-state index in [4.69, 9.17) is 11.6 Å². The molecule has 0 unspecified atom stereocenters. The molecule has 0 aliphatic carbocycles. The second-order valence-corrected chi connectivity index (χ2v) is 6.78. The van der Waals surface area contributed by atoms with Gasteiger partial charge in [0.2, 0.25) is 10.0 Å². The first-order valence-electron chi connectivity index (χ1n) is 5.69. The van der Waals surface area contributed by atoms with Crippen molar-refractivity contribution in [2.75, 3.05) is 7.05 Å². The van der Waals surface area contributed by atoms with Gasteiger partial charge >= 0.3 is 0 Å². The molecule has 1 aromatic heterocycles. The van der Waals surface area contributed by atoms with E-state index >= 15 is 0 Å². The van der Waals surface area contributed by atoms with Crippen molar-refractivity contribution in [1.82, 2.24) is 14.1 Å². The Morgan fingerprint density at radius 1 is 1.45 bits per heavy atom. The summed E-state index contributed by atoms with van der Waals surface area (Å²) in [7, 11) is -0.600. The lowest BCUT2D eigenvalue weighted by Gasteiger charge is -2.17. The fourth-order valence-electron chi connectivity index (χ4n) is 1.75. The van der Waals surface area contributed by atoms with Crippen LogP contribution in [-0.4, -0.2) is 29.6 Å². The quantitative estimate of drug-likeness (QED) is 0.867. The molecule has 0 spiro atoms. The first kappa shape index (κ1) is 15.0. The smallest absolute Gasteiger partial charge is 0.244 e. The van der Waals surface area contributed by atoms with Gasteiger partial charge in [0.05, 0.1) is 11.2 Å². The lowest BCUT2D eigenvalue weighted by atomic mass is 10.3. The van der Waals surface area contributed by atoms with Gasteiger partial charge in [0.25, 0.3) is 0 Å². The third-order valence-corrected chi connectivity index (χ3v) is 5.03. The van der Waals surface area contributed by atoms with Crippen LogP contribution in [0.3, 0.4) is 0 Å². The molecule has 2 rings (SSSR count). The molecule has 108 valence electrons. The van der Waals surface area contributed by atoms with E-state index in [-0.39, 0.29) is 16.5 Å². The van der Waals surface area contributed by atoms with Gasteiger partial charge in [-0.1, -0.05) is 11.6 Å². The number of aryl methyl sites for hydroxylation is 1. The largest absolute Gasteiger partial charge is 0.275 e. The van der Waals surface area contributed by atoms with Crippen LogP contribution in [0.2, 0.25) is 5.02 Å². The van der Waals surface area contributed by atoms with E-state index in [9.17, 15) is 12.8 Å². The molecule has 20 heavy (non-hydrogen) atoms. The van der Waals surface area contributed by atoms with Gasteiger partial charge < -0.3 is 0 Å². The van der Waals surface area contributed by atoms with Gasteiger partial charge in [0.1, 0.15) is 10.7 Å². The van der Waals surface area contributed by atoms with Gasteiger partial charge in [-0.3, -0.25) is 4.68 Å². The number of hydrogen-bond acceptors (Lipinski definition) is 3. The maximum atomic E-state index is 13.0. The van der Waals surface area contributed by atoms with Crippen LogP contribution in [0.5, 0.6) is 0 Å². The second-order valence-electron chi connectivity index (χ2n) is 4.36. The minimum absolute atomic E-state index is 0.119. The zero-order valence-corrected chi connectivity index (χ0v) is 12.5. The molecule has 1 heterocycles. The zero-order chi connectivity index (χ0) is 14.9. The van der Waals surface area contributed by atoms with Crippen molar-refractivity contribution in [2.45, 2.75) is 11.4 Å². The van der Waals surface area contributed by atoms with Gasteiger partial charge in [-0.2, -0.15) is 9.40 Å². The summed E-state index contributed by atoms with van der Waals surface area (Å²) in [4.78, 5) is -0.119. The first-order chi connectivity index (χ1) is 9.30. The van der Waals surface area contributed by atoms with Gasteiger partial charge in [-0.25, -0.2) is 12.8 Å². The van der Waals surface area contributed by atoms with E-state index in [0.717, 1.165) is 28.1 Å². The van der Waals surface area contributed by atoms with Crippen molar-refractivity contribution >= 4 is 21.6 Å². The van der Waals surface area contributed by atoms with E-state index in [1.54, 1.807) is 24.1 Å². The van der Waals surface area contributed by atoms with Crippen LogP contribution in [-0.2, 0) is 23.6 Å². The first-order valence-corrected chi connectivity index (χ1v) is 7.51. The molecular formula is C12H13ClFN3O2S. The molecular weight excluding hydrogens is 305 g/mol. The average molecular weight is 318 g/mol. The summed E-state index contributed by atoms with van der Waals surface area (Å²) in [6, 6.07) is 3.20. The Kier molecular flexibility index (Phi) is 4.12. The van der Waals surface area contributed by atoms with Crippen LogP contribution in [0, 0.1) is 5.82 Å². The lowest BCUT2D eigenvalue weighted by molar-refractivity contribution is 0.466. The van der Waals surface area contributed by atoms with Gasteiger partial charge in [0, 0.05) is 32.4 Å². The van der Waals surface area contributed by atoms with Gasteiger partial charge in [-0.15, -0.1) is 0 Å². The second kappa shape index (κ2) is 5.51. The third kappa shape index (κ3) is 3.00. The minimum atomic E-state index is -3.78. The Morgan fingerprint density at radius 2 is 2.15 bits per heavy atom. The Labute approximate surface area is 121 Å². The van der Waals surface area contributed by atoms with E-state index in [2.05, 4.69) is 5.10 Å². The van der Waals surface area contributed by atoms with Crippen molar-refractivity contribution in [3.8, 4) is 0 Å². The molecule has 0 saturated heterocycles. The van der Waals surface area contributed by atoms with E-state index < -0.39 is 15.8 Å². The van der Waals surface area contributed by atoms with E-state index in [0.29, 0.717) is 0 Å². The molecule has 0 bridgehead atoms. The molecule has 0 atom stereocenters. The summed E-state index contributed by atoms with van der Waals surface area (Å²) < 4.78 is 40.4. The SMILES string of the molecule is CN(Cc1cnn(C)c1)S(=O)(=O)c1ccc(F)cc1Cl. The molecule has 1 aromatic carbocycles. The number of nitrogens with zero attached hydrogens (tertiary/aromatic N) is 3. The fraction of sp³-hybridized carbons (Fsp3) is 0.250. The number of sulfonamides is 1. The highest BCUT2D eigenvalue weighted by Crippen LogP contribution is 2.25. The summed E-state index contributed by atoms with van der Waals surface area (Å²) in [6.07, 6.45) is 3.30. The summed E-state index contributed by atoms with van der Waals surface area (Å²) >= 11 is 5.80. The van der Waals surface area contributed by atoms with Gasteiger partial charge in [0.15, 0.2) is 0 Å². The summed E-state index contributed by atoms with van der Waals surface area (Å²) in [5.41, 5.74) is 0.747. The summed E-state index contributed by atoms with van der Waals surface area (Å²) in [5.74, 6) is -0.580. The highest BCUT2D eigenvalue weighted by Gasteiger charge is 2.24. The molecule has 0 amide bonds. The fourth-order valence-corrected chi connectivity index (χ4v) is 3.41. The zero-order valence-electron chi connectivity index (χ0n) is 10.9. The third-order valence-electron chi connectivity index (χ3n) is 2.75. The van der Waals surface area contributed by atoms with Crippen LogP contribution in [0.25, 0.3) is 0 Å². The topological polar surface area (TPSA) is 55.2 Å². The molecule has 0 aliphatic rings. The van der Waals surface area contributed by atoms with Crippen molar-refractivity contribution in [1.29, 1.82) is 0 Å². The Morgan fingerprint density at radius 3 is 2.70 bits per heavy atom. The number of benzene rings is 1. The van der Waals surface area contributed by atoms with Crippen LogP contribution < -0.4 is 0 Å². The molecule has 0 aliphatic heterocycles. The predicted octanol–water partition coefficient (Wildman–Crippen LogP) is 2.03. The number of hydrogen-bond donors (Lipinski definition) is 0. The highest BCUT2D eigenvalue weighted by atomic mass is 35.5. The monoisotopic (exact) mass is 317 g/mol. The van der Waals surface area contributed by atoms with E-state index in [1.807, 2.05) is 0 Å². The minimum Gasteiger partial charge on any atom is -0.275 e. The number of aromatic nitrogens is 2. The number of rotatable bonds is 4. The Balaban J connectivity index is 2.29. The van der Waals surface area contributed by atoms with E-state index in [1.165, 1.54) is 7.05 Å². The molecule has 0 saturated carbocycles. The van der Waals surface area contributed by atoms with Crippen molar-refractivity contribution < 1.29 is 12.8 Å². The lowest BCUT2D eigenvalue weighted by Crippen LogP contribution is -2.26. The predicted molar refractivity (Wildman–Crippen MR) is 73.3 cm³/mol. The van der Waals surface area contributed by atoms with Crippen LogP contribution >= 0.6 is 11.6 Å². The van der Waals surface area contributed by atoms with Gasteiger partial charge in [-0.05, 0) is 18.2 Å². The Bertz CT molecular complexity index is 730. The maximum Gasteiger partial charge on any atom is 0.244 e. The molecule has 0 N–H and O–H groups in total. The van der Waals surface area contributed by atoms with Crippen molar-refractivity contribution in [2.24, 2.45) is 7.05 Å². The standard InChI is InChI=1S/C12H13ClFN3O2S/c1-16-7-9(6-15-16)8-17(2)20(18,19)12-4-3-10(14)5-11(12)13/h3-7H,8H2,1-2H3. The highest BCUT2D eigenvalue weighted by molar-refractivity contribution is 7.89. The van der Waals surface area contributed by atoms with Crippen LogP contribution in [0.4, 0.5) is 4.39 Å². The van der Waals surface area contributed by atoms with Crippen LogP contribution in [0.1, 0.15) is 5.56 Å². The molecule has 2 aromatic rings. The molecule has 5 nitrogen and oxygen atoms in total. The maximum absolute atomic E-state index is 13.0. The Hall–Kier alpha value is -1.44. The summed E-state index contributed by atoms with van der Waals surface area (Å²) in [6.45, 7) is 0.157.